The molecule has 2 saturated carbocycles. The van der Waals surface area contributed by atoms with Gasteiger partial charge in [0.15, 0.2) is 0 Å². The molecular formula is C27H37N7O5. The maximum atomic E-state index is 13.2. The van der Waals surface area contributed by atoms with Gasteiger partial charge in [0.2, 0.25) is 5.88 Å². The van der Waals surface area contributed by atoms with Crippen LogP contribution in [0.5, 0.6) is 11.6 Å². The van der Waals surface area contributed by atoms with Crippen LogP contribution < -0.4 is 26.3 Å². The van der Waals surface area contributed by atoms with Gasteiger partial charge in [0.05, 0.1) is 35.1 Å². The minimum absolute atomic E-state index is 0.00463. The fraction of sp³-hybridized carbons (Fsp3) is 0.556. The molecule has 0 aromatic carbocycles. The molecule has 0 spiro atoms. The first-order chi connectivity index (χ1) is 18.6. The molecule has 2 fully saturated rings. The Kier molecular flexibility index (Phi) is 7.50. The van der Waals surface area contributed by atoms with E-state index >= 15 is 0 Å². The Morgan fingerprint density at radius 1 is 1.15 bits per heavy atom. The fourth-order valence-electron chi connectivity index (χ4n) is 4.99. The molecule has 2 aliphatic carbocycles. The van der Waals surface area contributed by atoms with Gasteiger partial charge in [-0.2, -0.15) is 5.10 Å². The van der Waals surface area contributed by atoms with E-state index in [1.165, 1.54) is 0 Å². The zero-order chi connectivity index (χ0) is 27.7. The van der Waals surface area contributed by atoms with Crippen LogP contribution in [0.3, 0.4) is 0 Å². The Morgan fingerprint density at radius 2 is 1.90 bits per heavy atom. The highest BCUT2D eigenvalue weighted by atomic mass is 16.5. The summed E-state index contributed by atoms with van der Waals surface area (Å²) in [5.74, 6) is 0.481. The second kappa shape index (κ2) is 10.9. The molecule has 39 heavy (non-hydrogen) atoms. The maximum Gasteiger partial charge on any atom is 0.255 e. The van der Waals surface area contributed by atoms with Crippen molar-refractivity contribution in [2.24, 2.45) is 11.5 Å². The monoisotopic (exact) mass is 539 g/mol. The number of amides is 2. The zero-order valence-corrected chi connectivity index (χ0v) is 22.4. The largest absolute Gasteiger partial charge is 0.489 e. The van der Waals surface area contributed by atoms with E-state index in [-0.39, 0.29) is 36.1 Å². The highest BCUT2D eigenvalue weighted by Gasteiger charge is 2.32. The van der Waals surface area contributed by atoms with E-state index in [0.717, 1.165) is 36.9 Å². The molecule has 210 valence electrons. The molecule has 12 heteroatoms. The zero-order valence-electron chi connectivity index (χ0n) is 22.4. The summed E-state index contributed by atoms with van der Waals surface area (Å²) >= 11 is 0. The quantitative estimate of drug-likeness (QED) is 0.285. The average Bonchev–Trinajstić information content (AvgIpc) is 3.50. The van der Waals surface area contributed by atoms with Crippen molar-refractivity contribution >= 4 is 17.3 Å². The predicted molar refractivity (Wildman–Crippen MR) is 143 cm³/mol. The van der Waals surface area contributed by atoms with Crippen LogP contribution in [0.4, 0.5) is 0 Å². The summed E-state index contributed by atoms with van der Waals surface area (Å²) in [4.78, 5) is 25.0. The molecule has 0 atom stereocenters. The van der Waals surface area contributed by atoms with Gasteiger partial charge in [-0.05, 0) is 64.5 Å². The van der Waals surface area contributed by atoms with Crippen LogP contribution in [0.2, 0.25) is 0 Å². The molecule has 0 unspecified atom stereocenters. The first-order valence-corrected chi connectivity index (χ1v) is 13.5. The number of nitrogens with zero attached hydrogens (tertiary/aromatic N) is 4. The summed E-state index contributed by atoms with van der Waals surface area (Å²) in [5, 5.41) is 22.1. The van der Waals surface area contributed by atoms with E-state index in [0.29, 0.717) is 43.2 Å². The maximum absolute atomic E-state index is 13.2. The van der Waals surface area contributed by atoms with Crippen LogP contribution >= 0.6 is 0 Å². The number of ether oxygens (including phenoxy) is 2. The van der Waals surface area contributed by atoms with E-state index < -0.39 is 11.5 Å². The normalized spacial score (nSPS) is 19.7. The number of aliphatic hydroxyl groups is 1. The van der Waals surface area contributed by atoms with E-state index in [1.54, 1.807) is 35.4 Å². The second-order valence-corrected chi connectivity index (χ2v) is 11.1. The van der Waals surface area contributed by atoms with Crippen molar-refractivity contribution in [1.82, 2.24) is 24.7 Å². The number of rotatable bonds is 11. The van der Waals surface area contributed by atoms with Crippen LogP contribution in [0, 0.1) is 0 Å². The third-order valence-electron chi connectivity index (χ3n) is 7.11. The standard InChI is InChI=1S/C27H37N7O5/c1-27(2,37)15-38-22-10-9-21-19(13-30-34(21)23(22)16-3-4-16)25(36)31-17-5-7-18(8-6-17)39-26-20(24(29)35)14-33(32-26)12-11-28/h9-10,13-14,16-18,37H,3-8,11-12,15,28H2,1-2H3,(H2,29,35)(H,31,36)/t17-,18-. The summed E-state index contributed by atoms with van der Waals surface area (Å²) in [7, 11) is 0. The molecule has 3 aromatic rings. The van der Waals surface area contributed by atoms with Crippen molar-refractivity contribution in [3.05, 3.63) is 41.3 Å². The van der Waals surface area contributed by atoms with Crippen LogP contribution in [0.25, 0.3) is 5.52 Å². The number of carbonyl (C=O) groups is 2. The fourth-order valence-corrected chi connectivity index (χ4v) is 4.99. The number of aromatic nitrogens is 4. The number of nitrogens with one attached hydrogen (secondary N) is 1. The van der Waals surface area contributed by atoms with Gasteiger partial charge in [-0.1, -0.05) is 0 Å². The molecule has 0 radical (unpaired) electrons. The number of primary amides is 1. The van der Waals surface area contributed by atoms with E-state index in [1.807, 2.05) is 12.1 Å². The summed E-state index contributed by atoms with van der Waals surface area (Å²) in [6.45, 7) is 4.42. The Balaban J connectivity index is 1.22. The summed E-state index contributed by atoms with van der Waals surface area (Å²) in [6.07, 6.45) is 7.99. The third kappa shape index (κ3) is 6.17. The SMILES string of the molecule is CC(C)(O)COc1ccc2c(C(=O)N[C@H]3CC[C@H](Oc4nn(CCN)cc4C(N)=O)CC3)cnn2c1C1CC1. The first-order valence-electron chi connectivity index (χ1n) is 13.5. The highest BCUT2D eigenvalue weighted by Crippen LogP contribution is 2.44. The number of nitrogens with two attached hydrogens (primary N) is 2. The molecular weight excluding hydrogens is 502 g/mol. The number of fused-ring (bicyclic) bond motifs is 1. The van der Waals surface area contributed by atoms with Crippen LogP contribution in [-0.4, -0.2) is 67.2 Å². The lowest BCUT2D eigenvalue weighted by Gasteiger charge is -2.29. The molecule has 12 nitrogen and oxygen atoms in total. The topological polar surface area (TPSA) is 172 Å². The lowest BCUT2D eigenvalue weighted by atomic mass is 9.92. The Hall–Kier alpha value is -3.64. The highest BCUT2D eigenvalue weighted by molar-refractivity contribution is 6.01. The number of hydrogen-bond acceptors (Lipinski definition) is 8. The van der Waals surface area contributed by atoms with Crippen LogP contribution in [-0.2, 0) is 6.54 Å². The molecule has 2 aliphatic rings. The van der Waals surface area contributed by atoms with Gasteiger partial charge in [-0.15, -0.1) is 5.10 Å². The molecule has 3 heterocycles. The van der Waals surface area contributed by atoms with Crippen LogP contribution in [0.15, 0.2) is 24.5 Å². The molecule has 0 saturated heterocycles. The third-order valence-corrected chi connectivity index (χ3v) is 7.11. The van der Waals surface area contributed by atoms with Crippen LogP contribution in [0.1, 0.15) is 84.7 Å². The van der Waals surface area contributed by atoms with Crippen molar-refractivity contribution in [2.45, 2.75) is 82.6 Å². The van der Waals surface area contributed by atoms with E-state index in [4.69, 9.17) is 20.9 Å². The summed E-state index contributed by atoms with van der Waals surface area (Å²) in [5.41, 5.74) is 12.5. The Morgan fingerprint density at radius 3 is 2.54 bits per heavy atom. The van der Waals surface area contributed by atoms with Gasteiger partial charge in [0.1, 0.15) is 24.0 Å². The molecule has 0 bridgehead atoms. The van der Waals surface area contributed by atoms with Crippen molar-refractivity contribution in [3.63, 3.8) is 0 Å². The molecule has 6 N–H and O–H groups in total. The first kappa shape index (κ1) is 26.9. The van der Waals surface area contributed by atoms with E-state index in [2.05, 4.69) is 15.5 Å². The number of hydrogen-bond donors (Lipinski definition) is 4. The Bertz CT molecular complexity index is 1350. The predicted octanol–water partition coefficient (Wildman–Crippen LogP) is 1.74. The van der Waals surface area contributed by atoms with Crippen molar-refractivity contribution in [2.75, 3.05) is 13.2 Å². The molecule has 5 rings (SSSR count). The smallest absolute Gasteiger partial charge is 0.255 e. The lowest BCUT2D eigenvalue weighted by molar-refractivity contribution is 0.0279. The van der Waals surface area contributed by atoms with Gasteiger partial charge < -0.3 is 31.4 Å². The second-order valence-electron chi connectivity index (χ2n) is 11.1. The van der Waals surface area contributed by atoms with Crippen molar-refractivity contribution in [3.8, 4) is 11.6 Å². The minimum atomic E-state index is -0.953. The van der Waals surface area contributed by atoms with Crippen molar-refractivity contribution in [1.29, 1.82) is 0 Å². The molecule has 0 aliphatic heterocycles. The summed E-state index contributed by atoms with van der Waals surface area (Å²) < 4.78 is 15.3. The lowest BCUT2D eigenvalue weighted by Crippen LogP contribution is -2.39. The number of carbonyl (C=O) groups excluding carboxylic acids is 2. The molecule has 2 amide bonds. The van der Waals surface area contributed by atoms with Gasteiger partial charge in [-0.25, -0.2) is 4.52 Å². The van der Waals surface area contributed by atoms with Crippen molar-refractivity contribution < 1.29 is 24.2 Å². The Labute approximate surface area is 226 Å². The van der Waals surface area contributed by atoms with Gasteiger partial charge in [-0.3, -0.25) is 14.3 Å². The average molecular weight is 540 g/mol. The number of pyridine rings is 1. The van der Waals surface area contributed by atoms with Gasteiger partial charge in [0, 0.05) is 24.7 Å². The molecule has 3 aromatic heterocycles. The van der Waals surface area contributed by atoms with Gasteiger partial charge in [0.25, 0.3) is 11.8 Å². The summed E-state index contributed by atoms with van der Waals surface area (Å²) in [6, 6.07) is 3.71. The minimum Gasteiger partial charge on any atom is -0.489 e. The van der Waals surface area contributed by atoms with Gasteiger partial charge >= 0.3 is 0 Å². The van der Waals surface area contributed by atoms with E-state index in [9.17, 15) is 14.7 Å².